The monoisotopic (exact) mass is 199 g/mol. The molecule has 0 unspecified atom stereocenters. The lowest BCUT2D eigenvalue weighted by molar-refractivity contribution is 0.0689. The number of carboxylic acid groups (broad SMARTS) is 1. The van der Waals surface area contributed by atoms with E-state index in [0.717, 1.165) is 0 Å². The van der Waals surface area contributed by atoms with Crippen molar-refractivity contribution in [1.29, 1.82) is 0 Å². The zero-order valence-corrected chi connectivity index (χ0v) is 7.93. The maximum Gasteiger partial charge on any atom is 0.358 e. The third-order valence-electron chi connectivity index (χ3n) is 1.66. The van der Waals surface area contributed by atoms with Crippen molar-refractivity contribution in [1.82, 2.24) is 9.78 Å². The molecule has 0 aliphatic carbocycles. The van der Waals surface area contributed by atoms with Crippen molar-refractivity contribution < 1.29 is 14.6 Å². The first-order valence-electron chi connectivity index (χ1n) is 4.29. The molecule has 0 bridgehead atoms. The average molecular weight is 199 g/mol. The van der Waals surface area contributed by atoms with Gasteiger partial charge in [0.05, 0.1) is 18.8 Å². The topological polar surface area (TPSA) is 90.4 Å². The fourth-order valence-corrected chi connectivity index (χ4v) is 1.02. The van der Waals surface area contributed by atoms with Gasteiger partial charge in [0, 0.05) is 12.8 Å². The molecule has 1 aromatic heterocycles. The second-order valence-corrected chi connectivity index (χ2v) is 2.70. The minimum atomic E-state index is -1.11. The maximum atomic E-state index is 10.6. The quantitative estimate of drug-likeness (QED) is 0.661. The summed E-state index contributed by atoms with van der Waals surface area (Å²) in [7, 11) is 0. The Bertz CT molecular complexity index is 322. The molecule has 0 fully saturated rings. The van der Waals surface area contributed by atoms with Crippen LogP contribution >= 0.6 is 0 Å². The molecule has 0 aromatic carbocycles. The first kappa shape index (κ1) is 10.5. The highest BCUT2D eigenvalue weighted by molar-refractivity contribution is 5.91. The molecule has 0 saturated carbocycles. The van der Waals surface area contributed by atoms with Gasteiger partial charge >= 0.3 is 5.97 Å². The van der Waals surface area contributed by atoms with Crippen molar-refractivity contribution in [2.24, 2.45) is 0 Å². The number of aromatic carboxylic acids is 1. The number of nitrogen functional groups attached to an aromatic ring is 1. The molecule has 0 amide bonds. The molecular formula is C8H13N3O3. The smallest absolute Gasteiger partial charge is 0.358 e. The largest absolute Gasteiger partial charge is 0.476 e. The number of nitrogens with zero attached hydrogens (tertiary/aromatic N) is 2. The Morgan fingerprint density at radius 2 is 2.50 bits per heavy atom. The molecular weight excluding hydrogens is 186 g/mol. The van der Waals surface area contributed by atoms with Crippen molar-refractivity contribution in [3.05, 3.63) is 11.9 Å². The third-order valence-corrected chi connectivity index (χ3v) is 1.66. The predicted octanol–water partition coefficient (Wildman–Crippen LogP) is 0.200. The summed E-state index contributed by atoms with van der Waals surface area (Å²) in [6.45, 7) is 3.52. The van der Waals surface area contributed by atoms with Gasteiger partial charge in [-0.25, -0.2) is 4.79 Å². The van der Waals surface area contributed by atoms with Gasteiger partial charge in [0.2, 0.25) is 0 Å². The van der Waals surface area contributed by atoms with Crippen LogP contribution in [0.25, 0.3) is 0 Å². The summed E-state index contributed by atoms with van der Waals surface area (Å²) in [4.78, 5) is 10.6. The number of ether oxygens (including phenoxy) is 1. The highest BCUT2D eigenvalue weighted by Crippen LogP contribution is 2.08. The molecule has 0 radical (unpaired) electrons. The van der Waals surface area contributed by atoms with Crippen molar-refractivity contribution in [3.63, 3.8) is 0 Å². The van der Waals surface area contributed by atoms with E-state index in [9.17, 15) is 4.79 Å². The number of hydrogen-bond acceptors (Lipinski definition) is 4. The van der Waals surface area contributed by atoms with Crippen LogP contribution in [0.1, 0.15) is 17.4 Å². The highest BCUT2D eigenvalue weighted by atomic mass is 16.5. The molecule has 6 heteroatoms. The maximum absolute atomic E-state index is 10.6. The highest BCUT2D eigenvalue weighted by Gasteiger charge is 2.12. The van der Waals surface area contributed by atoms with Gasteiger partial charge in [0.1, 0.15) is 0 Å². The second kappa shape index (κ2) is 4.61. The molecule has 78 valence electrons. The minimum absolute atomic E-state index is 0.110. The van der Waals surface area contributed by atoms with E-state index in [2.05, 4.69) is 5.10 Å². The van der Waals surface area contributed by atoms with Crippen LogP contribution in [-0.2, 0) is 11.3 Å². The van der Waals surface area contributed by atoms with Crippen molar-refractivity contribution in [2.45, 2.75) is 13.5 Å². The first-order valence-corrected chi connectivity index (χ1v) is 4.29. The van der Waals surface area contributed by atoms with E-state index in [1.165, 1.54) is 10.9 Å². The number of aromatic nitrogens is 2. The minimum Gasteiger partial charge on any atom is -0.476 e. The zero-order valence-electron chi connectivity index (χ0n) is 7.93. The number of hydrogen-bond donors (Lipinski definition) is 2. The predicted molar refractivity (Wildman–Crippen MR) is 50.1 cm³/mol. The van der Waals surface area contributed by atoms with Crippen molar-refractivity contribution in [3.8, 4) is 0 Å². The lowest BCUT2D eigenvalue weighted by atomic mass is 10.4. The number of anilines is 1. The Kier molecular flexibility index (Phi) is 3.47. The van der Waals surface area contributed by atoms with Crippen LogP contribution in [0.3, 0.4) is 0 Å². The van der Waals surface area contributed by atoms with Crippen LogP contribution in [0.15, 0.2) is 6.20 Å². The van der Waals surface area contributed by atoms with Crippen molar-refractivity contribution in [2.75, 3.05) is 18.9 Å². The summed E-state index contributed by atoms with van der Waals surface area (Å²) in [5, 5.41) is 12.5. The first-order chi connectivity index (χ1) is 6.65. The van der Waals surface area contributed by atoms with Gasteiger partial charge < -0.3 is 15.6 Å². The molecule has 0 aliphatic rings. The van der Waals surface area contributed by atoms with Gasteiger partial charge in [-0.15, -0.1) is 0 Å². The number of nitrogens with two attached hydrogens (primary N) is 1. The molecule has 0 aliphatic heterocycles. The van der Waals surface area contributed by atoms with E-state index in [0.29, 0.717) is 19.8 Å². The zero-order chi connectivity index (χ0) is 10.6. The molecule has 3 N–H and O–H groups in total. The van der Waals surface area contributed by atoms with Gasteiger partial charge in [0.25, 0.3) is 0 Å². The molecule has 0 atom stereocenters. The molecule has 1 heterocycles. The fourth-order valence-electron chi connectivity index (χ4n) is 1.02. The number of carbonyl (C=O) groups is 1. The number of rotatable bonds is 5. The van der Waals surface area contributed by atoms with Crippen LogP contribution < -0.4 is 5.73 Å². The Labute approximate surface area is 81.3 Å². The fraction of sp³-hybridized carbons (Fsp3) is 0.500. The average Bonchev–Trinajstić information content (AvgIpc) is 2.47. The summed E-state index contributed by atoms with van der Waals surface area (Å²) >= 11 is 0. The molecule has 0 saturated heterocycles. The van der Waals surface area contributed by atoms with E-state index in [1.807, 2.05) is 6.92 Å². The Morgan fingerprint density at radius 1 is 1.79 bits per heavy atom. The Hall–Kier alpha value is -1.56. The standard InChI is InChI=1S/C8H13N3O3/c1-2-14-4-3-11-5-6(9)7(10-11)8(12)13/h5H,2-4,9H2,1H3,(H,12,13). The molecule has 0 spiro atoms. The Balaban J connectivity index is 2.62. The summed E-state index contributed by atoms with van der Waals surface area (Å²) in [6, 6.07) is 0. The van der Waals surface area contributed by atoms with Crippen LogP contribution in [0.4, 0.5) is 5.69 Å². The summed E-state index contributed by atoms with van der Waals surface area (Å²) in [6.07, 6.45) is 1.49. The van der Waals surface area contributed by atoms with Gasteiger partial charge in [-0.1, -0.05) is 0 Å². The van der Waals surface area contributed by atoms with Crippen LogP contribution in [0.2, 0.25) is 0 Å². The molecule has 1 aromatic rings. The molecule has 1 rings (SSSR count). The molecule has 6 nitrogen and oxygen atoms in total. The van der Waals surface area contributed by atoms with Crippen molar-refractivity contribution >= 4 is 11.7 Å². The van der Waals surface area contributed by atoms with Crippen LogP contribution in [0, 0.1) is 0 Å². The summed E-state index contributed by atoms with van der Waals surface area (Å²) in [5.74, 6) is -1.11. The van der Waals surface area contributed by atoms with E-state index in [1.54, 1.807) is 0 Å². The van der Waals surface area contributed by atoms with E-state index in [4.69, 9.17) is 15.6 Å². The van der Waals surface area contributed by atoms with Crippen LogP contribution in [-0.4, -0.2) is 34.1 Å². The van der Waals surface area contributed by atoms with E-state index in [-0.39, 0.29) is 11.4 Å². The lowest BCUT2D eigenvalue weighted by Gasteiger charge is -2.00. The third kappa shape index (κ3) is 2.46. The van der Waals surface area contributed by atoms with Gasteiger partial charge in [-0.2, -0.15) is 5.10 Å². The normalized spacial score (nSPS) is 10.4. The SMILES string of the molecule is CCOCCn1cc(N)c(C(=O)O)n1. The van der Waals surface area contributed by atoms with Gasteiger partial charge in [-0.3, -0.25) is 4.68 Å². The molecule has 14 heavy (non-hydrogen) atoms. The number of carboxylic acids is 1. The summed E-state index contributed by atoms with van der Waals surface area (Å²) < 4.78 is 6.56. The van der Waals surface area contributed by atoms with Gasteiger partial charge in [-0.05, 0) is 6.92 Å². The summed E-state index contributed by atoms with van der Waals surface area (Å²) in [5.41, 5.74) is 5.51. The second-order valence-electron chi connectivity index (χ2n) is 2.70. The lowest BCUT2D eigenvalue weighted by Crippen LogP contribution is -2.08. The van der Waals surface area contributed by atoms with Gasteiger partial charge in [0.15, 0.2) is 5.69 Å². The Morgan fingerprint density at radius 3 is 3.00 bits per heavy atom. The van der Waals surface area contributed by atoms with E-state index < -0.39 is 5.97 Å². The van der Waals surface area contributed by atoms with E-state index >= 15 is 0 Å². The van der Waals surface area contributed by atoms with Crippen LogP contribution in [0.5, 0.6) is 0 Å².